The minimum Gasteiger partial charge on any atom is -0.350 e. The normalized spacial score (nSPS) is 11.2. The lowest BCUT2D eigenvalue weighted by molar-refractivity contribution is 0.0953. The molecule has 5 nitrogen and oxygen atoms in total. The number of para-hydroxylation sites is 1. The number of carbonyl (C=O) groups excluding carboxylic acids is 1. The van der Waals surface area contributed by atoms with E-state index in [1.165, 1.54) is 11.3 Å². The van der Waals surface area contributed by atoms with E-state index in [0.717, 1.165) is 42.7 Å². The van der Waals surface area contributed by atoms with Gasteiger partial charge in [0.15, 0.2) is 5.01 Å². The van der Waals surface area contributed by atoms with Gasteiger partial charge in [-0.15, -0.1) is 11.3 Å². The van der Waals surface area contributed by atoms with E-state index in [2.05, 4.69) is 34.6 Å². The molecule has 1 amide bonds. The first kappa shape index (κ1) is 16.9. The van der Waals surface area contributed by atoms with Gasteiger partial charge in [0.25, 0.3) is 5.91 Å². The summed E-state index contributed by atoms with van der Waals surface area (Å²) < 4.78 is 1.05. The lowest BCUT2D eigenvalue weighted by Gasteiger charge is -2.09. The maximum Gasteiger partial charge on any atom is 0.280 e. The molecule has 1 aromatic heterocycles. The van der Waals surface area contributed by atoms with Crippen LogP contribution < -0.4 is 10.6 Å². The highest BCUT2D eigenvalue weighted by Crippen LogP contribution is 2.21. The molecule has 2 aromatic rings. The predicted octanol–water partition coefficient (Wildman–Crippen LogP) is 1.96. The highest BCUT2D eigenvalue weighted by Gasteiger charge is 2.10. The van der Waals surface area contributed by atoms with Crippen molar-refractivity contribution in [2.24, 2.45) is 0 Å². The molecule has 120 valence electrons. The zero-order valence-electron chi connectivity index (χ0n) is 13.3. The van der Waals surface area contributed by atoms with Gasteiger partial charge in [0, 0.05) is 6.54 Å². The SMILES string of the molecule is CN(C)CCCNCCCNC(=O)c1nc2ccccc2s1. The summed E-state index contributed by atoms with van der Waals surface area (Å²) in [5.74, 6) is -0.0752. The molecule has 0 atom stereocenters. The molecule has 0 spiro atoms. The molecule has 1 aromatic carbocycles. The first-order chi connectivity index (χ1) is 10.7. The summed E-state index contributed by atoms with van der Waals surface area (Å²) in [5.41, 5.74) is 0.889. The van der Waals surface area contributed by atoms with Crippen LogP contribution in [0.5, 0.6) is 0 Å². The molecule has 1 heterocycles. The van der Waals surface area contributed by atoms with Gasteiger partial charge in [-0.3, -0.25) is 4.79 Å². The monoisotopic (exact) mass is 320 g/mol. The summed E-state index contributed by atoms with van der Waals surface area (Å²) in [6.07, 6.45) is 2.07. The number of hydrogen-bond donors (Lipinski definition) is 2. The molecule has 22 heavy (non-hydrogen) atoms. The molecule has 0 bridgehead atoms. The van der Waals surface area contributed by atoms with E-state index < -0.39 is 0 Å². The van der Waals surface area contributed by atoms with Gasteiger partial charge in [0.2, 0.25) is 0 Å². The van der Waals surface area contributed by atoms with E-state index in [1.807, 2.05) is 24.3 Å². The third kappa shape index (κ3) is 5.36. The molecule has 0 unspecified atom stereocenters. The smallest absolute Gasteiger partial charge is 0.280 e. The topological polar surface area (TPSA) is 57.3 Å². The van der Waals surface area contributed by atoms with Crippen molar-refractivity contribution in [3.05, 3.63) is 29.3 Å². The maximum absolute atomic E-state index is 12.0. The highest BCUT2D eigenvalue weighted by atomic mass is 32.1. The molecule has 2 rings (SSSR count). The number of thiazole rings is 1. The average molecular weight is 320 g/mol. The summed E-state index contributed by atoms with van der Waals surface area (Å²) in [4.78, 5) is 18.6. The Hall–Kier alpha value is -1.50. The number of nitrogens with zero attached hydrogens (tertiary/aromatic N) is 2. The zero-order chi connectivity index (χ0) is 15.8. The van der Waals surface area contributed by atoms with E-state index in [1.54, 1.807) is 0 Å². The fourth-order valence-electron chi connectivity index (χ4n) is 2.11. The number of hydrogen-bond acceptors (Lipinski definition) is 5. The number of aromatic nitrogens is 1. The Morgan fingerprint density at radius 1 is 1.18 bits per heavy atom. The van der Waals surface area contributed by atoms with Gasteiger partial charge in [0.05, 0.1) is 10.2 Å². The number of fused-ring (bicyclic) bond motifs is 1. The third-order valence-corrected chi connectivity index (χ3v) is 4.30. The van der Waals surface area contributed by atoms with Crippen LogP contribution in [0, 0.1) is 0 Å². The van der Waals surface area contributed by atoms with Crippen LogP contribution in [-0.2, 0) is 0 Å². The number of amides is 1. The van der Waals surface area contributed by atoms with Gasteiger partial charge in [-0.25, -0.2) is 4.98 Å². The van der Waals surface area contributed by atoms with Crippen LogP contribution >= 0.6 is 11.3 Å². The number of nitrogens with one attached hydrogen (secondary N) is 2. The zero-order valence-corrected chi connectivity index (χ0v) is 14.1. The first-order valence-corrected chi connectivity index (χ1v) is 8.47. The van der Waals surface area contributed by atoms with Crippen molar-refractivity contribution in [3.63, 3.8) is 0 Å². The van der Waals surface area contributed by atoms with E-state index >= 15 is 0 Å². The molecule has 0 aliphatic carbocycles. The van der Waals surface area contributed by atoms with Crippen molar-refractivity contribution in [2.75, 3.05) is 40.3 Å². The van der Waals surface area contributed by atoms with E-state index in [0.29, 0.717) is 11.6 Å². The largest absolute Gasteiger partial charge is 0.350 e. The Kier molecular flexibility index (Phi) is 6.76. The maximum atomic E-state index is 12.0. The Bertz CT molecular complexity index is 564. The molecule has 2 N–H and O–H groups in total. The van der Waals surface area contributed by atoms with Gasteiger partial charge in [-0.05, 0) is 58.7 Å². The molecule has 0 radical (unpaired) electrons. The Labute approximate surface area is 135 Å². The summed E-state index contributed by atoms with van der Waals surface area (Å²) in [6, 6.07) is 7.82. The predicted molar refractivity (Wildman–Crippen MR) is 92.6 cm³/mol. The van der Waals surface area contributed by atoms with E-state index in [4.69, 9.17) is 0 Å². The van der Waals surface area contributed by atoms with Crippen molar-refractivity contribution in [1.82, 2.24) is 20.5 Å². The molecular weight excluding hydrogens is 296 g/mol. The third-order valence-electron chi connectivity index (χ3n) is 3.26. The summed E-state index contributed by atoms with van der Waals surface area (Å²) in [7, 11) is 4.16. The van der Waals surface area contributed by atoms with E-state index in [-0.39, 0.29) is 5.91 Å². The van der Waals surface area contributed by atoms with Gasteiger partial charge in [-0.2, -0.15) is 0 Å². The molecule has 0 aliphatic heterocycles. The summed E-state index contributed by atoms with van der Waals surface area (Å²) in [5, 5.41) is 6.86. The van der Waals surface area contributed by atoms with Crippen molar-refractivity contribution in [3.8, 4) is 0 Å². The first-order valence-electron chi connectivity index (χ1n) is 7.66. The van der Waals surface area contributed by atoms with Crippen molar-refractivity contribution in [2.45, 2.75) is 12.8 Å². The number of rotatable bonds is 9. The Morgan fingerprint density at radius 2 is 1.95 bits per heavy atom. The van der Waals surface area contributed by atoms with Crippen molar-refractivity contribution in [1.29, 1.82) is 0 Å². The van der Waals surface area contributed by atoms with Gasteiger partial charge in [0.1, 0.15) is 0 Å². The Balaban J connectivity index is 1.62. The molecule has 0 aliphatic rings. The highest BCUT2D eigenvalue weighted by molar-refractivity contribution is 7.20. The van der Waals surface area contributed by atoms with Crippen LogP contribution in [0.3, 0.4) is 0 Å². The van der Waals surface area contributed by atoms with Gasteiger partial charge >= 0.3 is 0 Å². The summed E-state index contributed by atoms with van der Waals surface area (Å²) >= 11 is 1.44. The quantitative estimate of drug-likeness (QED) is 0.694. The fraction of sp³-hybridized carbons (Fsp3) is 0.500. The van der Waals surface area contributed by atoms with Crippen LogP contribution in [0.1, 0.15) is 22.6 Å². The van der Waals surface area contributed by atoms with Crippen LogP contribution in [0.4, 0.5) is 0 Å². The van der Waals surface area contributed by atoms with Crippen LogP contribution in [0.15, 0.2) is 24.3 Å². The lowest BCUT2D eigenvalue weighted by Crippen LogP contribution is -2.28. The second-order valence-corrected chi connectivity index (χ2v) is 6.53. The second kappa shape index (κ2) is 8.82. The summed E-state index contributed by atoms with van der Waals surface area (Å²) in [6.45, 7) is 3.72. The average Bonchev–Trinajstić information content (AvgIpc) is 2.93. The Morgan fingerprint density at radius 3 is 2.73 bits per heavy atom. The molecule has 0 saturated carbocycles. The van der Waals surface area contributed by atoms with E-state index in [9.17, 15) is 4.79 Å². The second-order valence-electron chi connectivity index (χ2n) is 5.50. The van der Waals surface area contributed by atoms with Crippen molar-refractivity contribution < 1.29 is 4.79 Å². The van der Waals surface area contributed by atoms with Gasteiger partial charge < -0.3 is 15.5 Å². The molecule has 0 saturated heterocycles. The fourth-order valence-corrected chi connectivity index (χ4v) is 2.99. The molecular formula is C16H24N4OS. The molecule has 0 fully saturated rings. The van der Waals surface area contributed by atoms with Gasteiger partial charge in [-0.1, -0.05) is 12.1 Å². The molecule has 6 heteroatoms. The van der Waals surface area contributed by atoms with Crippen LogP contribution in [-0.4, -0.2) is 56.1 Å². The van der Waals surface area contributed by atoms with Crippen molar-refractivity contribution >= 4 is 27.5 Å². The standard InChI is InChI=1S/C16H24N4OS/c1-20(2)12-6-10-17-9-5-11-18-15(21)16-19-13-7-3-4-8-14(13)22-16/h3-4,7-8,17H,5-6,9-12H2,1-2H3,(H,18,21). The number of carbonyl (C=O) groups is 1. The number of benzene rings is 1. The van der Waals surface area contributed by atoms with Crippen LogP contribution in [0.2, 0.25) is 0 Å². The van der Waals surface area contributed by atoms with Crippen LogP contribution in [0.25, 0.3) is 10.2 Å². The minimum atomic E-state index is -0.0752. The lowest BCUT2D eigenvalue weighted by atomic mass is 10.3. The minimum absolute atomic E-state index is 0.0752.